The highest BCUT2D eigenvalue weighted by Crippen LogP contribution is 2.21. The molecule has 2 rings (SSSR count). The second-order valence-corrected chi connectivity index (χ2v) is 5.97. The van der Waals surface area contributed by atoms with E-state index in [-0.39, 0.29) is 0 Å². The number of nitrogens with one attached hydrogen (secondary N) is 1. The van der Waals surface area contributed by atoms with Crippen molar-refractivity contribution < 1.29 is 0 Å². The fraction of sp³-hybridized carbons (Fsp3) is 0.545. The monoisotopic (exact) mass is 301 g/mol. The van der Waals surface area contributed by atoms with Crippen LogP contribution in [0, 0.1) is 0 Å². The van der Waals surface area contributed by atoms with Crippen molar-refractivity contribution in [2.75, 3.05) is 24.5 Å². The van der Waals surface area contributed by atoms with Crippen LogP contribution in [0.5, 0.6) is 0 Å². The van der Waals surface area contributed by atoms with Crippen LogP contribution in [-0.4, -0.2) is 30.7 Å². The number of piperidine rings is 1. The maximum Gasteiger partial charge on any atom is 0.185 e. The van der Waals surface area contributed by atoms with E-state index in [1.807, 2.05) is 11.6 Å². The van der Waals surface area contributed by atoms with E-state index >= 15 is 0 Å². The van der Waals surface area contributed by atoms with Crippen molar-refractivity contribution in [2.24, 2.45) is 0 Å². The summed E-state index contributed by atoms with van der Waals surface area (Å²) in [6, 6.07) is 0.616. The number of halogens is 1. The Morgan fingerprint density at radius 2 is 2.38 bits per heavy atom. The van der Waals surface area contributed by atoms with Crippen LogP contribution in [-0.2, 0) is 0 Å². The van der Waals surface area contributed by atoms with E-state index in [9.17, 15) is 0 Å². The third-order valence-corrected chi connectivity index (χ3v) is 3.88. The third kappa shape index (κ3) is 3.30. The Bertz CT molecular complexity index is 331. The lowest BCUT2D eigenvalue weighted by Gasteiger charge is -2.32. The summed E-state index contributed by atoms with van der Waals surface area (Å²) < 4.78 is 1.02. The molecule has 1 aromatic heterocycles. The zero-order chi connectivity index (χ0) is 11.4. The average Bonchev–Trinajstić information content (AvgIpc) is 2.80. The molecule has 0 saturated carbocycles. The first-order valence-corrected chi connectivity index (χ1v) is 7.14. The van der Waals surface area contributed by atoms with Crippen LogP contribution < -0.4 is 10.2 Å². The lowest BCUT2D eigenvalue weighted by molar-refractivity contribution is 0.429. The minimum Gasteiger partial charge on any atom is -0.348 e. The smallest absolute Gasteiger partial charge is 0.185 e. The summed E-state index contributed by atoms with van der Waals surface area (Å²) >= 11 is 5.09. The number of aromatic nitrogens is 1. The fourth-order valence-electron chi connectivity index (χ4n) is 1.90. The topological polar surface area (TPSA) is 28.2 Å². The molecule has 1 aliphatic heterocycles. The molecular weight excluding hydrogens is 286 g/mol. The molecule has 5 heteroatoms. The van der Waals surface area contributed by atoms with Gasteiger partial charge in [0, 0.05) is 41.7 Å². The molecule has 0 spiro atoms. The van der Waals surface area contributed by atoms with Gasteiger partial charge in [-0.2, -0.15) is 0 Å². The van der Waals surface area contributed by atoms with Crippen LogP contribution in [0.1, 0.15) is 12.8 Å². The predicted molar refractivity (Wildman–Crippen MR) is 73.4 cm³/mol. The Morgan fingerprint density at radius 1 is 1.62 bits per heavy atom. The van der Waals surface area contributed by atoms with Gasteiger partial charge in [-0.05, 0) is 12.8 Å². The molecule has 1 fully saturated rings. The van der Waals surface area contributed by atoms with E-state index in [0.29, 0.717) is 6.04 Å². The number of nitrogens with zero attached hydrogens (tertiary/aromatic N) is 2. The zero-order valence-electron chi connectivity index (χ0n) is 9.16. The molecule has 3 nitrogen and oxygen atoms in total. The van der Waals surface area contributed by atoms with Crippen molar-refractivity contribution >= 4 is 32.4 Å². The van der Waals surface area contributed by atoms with Crippen LogP contribution in [0.3, 0.4) is 0 Å². The van der Waals surface area contributed by atoms with E-state index < -0.39 is 0 Å². The number of thiazole rings is 1. The van der Waals surface area contributed by atoms with E-state index in [0.717, 1.165) is 29.2 Å². The summed E-state index contributed by atoms with van der Waals surface area (Å²) in [5, 5.41) is 6.69. The first-order chi connectivity index (χ1) is 7.75. The van der Waals surface area contributed by atoms with Gasteiger partial charge in [0.2, 0.25) is 0 Å². The van der Waals surface area contributed by atoms with Gasteiger partial charge < -0.3 is 10.2 Å². The second-order valence-electron chi connectivity index (χ2n) is 3.97. The molecule has 0 aromatic carbocycles. The van der Waals surface area contributed by atoms with Gasteiger partial charge in [-0.15, -0.1) is 11.3 Å². The predicted octanol–water partition coefficient (Wildman–Crippen LogP) is 2.61. The molecule has 0 bridgehead atoms. The lowest BCUT2D eigenvalue weighted by atomic mass is 10.1. The molecule has 1 N–H and O–H groups in total. The molecule has 0 radical (unpaired) electrons. The maximum absolute atomic E-state index is 4.34. The van der Waals surface area contributed by atoms with Crippen LogP contribution in [0.4, 0.5) is 5.13 Å². The third-order valence-electron chi connectivity index (χ3n) is 2.77. The quantitative estimate of drug-likeness (QED) is 0.926. The Hall–Kier alpha value is -0.390. The molecule has 88 valence electrons. The lowest BCUT2D eigenvalue weighted by Crippen LogP contribution is -2.42. The van der Waals surface area contributed by atoms with Crippen LogP contribution in [0.25, 0.3) is 0 Å². The Kier molecular flexibility index (Phi) is 4.37. The van der Waals surface area contributed by atoms with Gasteiger partial charge in [-0.25, -0.2) is 4.98 Å². The molecular formula is C11H16BrN3S. The Balaban J connectivity index is 1.76. The summed E-state index contributed by atoms with van der Waals surface area (Å²) in [5.74, 6) is 0. The van der Waals surface area contributed by atoms with E-state index in [2.05, 4.69) is 37.7 Å². The Labute approximate surface area is 109 Å². The first kappa shape index (κ1) is 12.1. The second kappa shape index (κ2) is 5.80. The molecule has 0 unspecified atom stereocenters. The van der Waals surface area contributed by atoms with Crippen molar-refractivity contribution in [3.63, 3.8) is 0 Å². The van der Waals surface area contributed by atoms with Crippen molar-refractivity contribution in [3.05, 3.63) is 22.6 Å². The van der Waals surface area contributed by atoms with E-state index in [4.69, 9.17) is 0 Å². The summed E-state index contributed by atoms with van der Waals surface area (Å²) in [5.41, 5.74) is 0. The standard InChI is InChI=1S/C11H16BrN3S/c1-9(12)8-14-10-2-5-15(6-3-10)11-13-4-7-16-11/h4,7,10,14H,1-3,5-6,8H2. The van der Waals surface area contributed by atoms with Crippen molar-refractivity contribution in [1.82, 2.24) is 10.3 Å². The van der Waals surface area contributed by atoms with E-state index in [1.165, 1.54) is 12.8 Å². The largest absolute Gasteiger partial charge is 0.348 e. The maximum atomic E-state index is 4.34. The number of hydrogen-bond acceptors (Lipinski definition) is 4. The zero-order valence-corrected chi connectivity index (χ0v) is 11.6. The minimum absolute atomic E-state index is 0.616. The summed E-state index contributed by atoms with van der Waals surface area (Å²) in [4.78, 5) is 6.71. The highest BCUT2D eigenvalue weighted by atomic mass is 79.9. The summed E-state index contributed by atoms with van der Waals surface area (Å²) in [6.45, 7) is 6.89. The molecule has 2 heterocycles. The highest BCUT2D eigenvalue weighted by Gasteiger charge is 2.19. The molecule has 0 aliphatic carbocycles. The molecule has 0 atom stereocenters. The number of hydrogen-bond donors (Lipinski definition) is 1. The van der Waals surface area contributed by atoms with Gasteiger partial charge in [0.1, 0.15) is 0 Å². The number of anilines is 1. The van der Waals surface area contributed by atoms with Crippen LogP contribution in [0.15, 0.2) is 22.6 Å². The van der Waals surface area contributed by atoms with Crippen molar-refractivity contribution in [1.29, 1.82) is 0 Å². The minimum atomic E-state index is 0.616. The summed E-state index contributed by atoms with van der Waals surface area (Å²) in [7, 11) is 0. The van der Waals surface area contributed by atoms with Gasteiger partial charge in [0.25, 0.3) is 0 Å². The normalized spacial score (nSPS) is 17.7. The molecule has 1 saturated heterocycles. The SMILES string of the molecule is C=C(Br)CNC1CCN(c2nccs2)CC1. The molecule has 0 amide bonds. The average molecular weight is 302 g/mol. The van der Waals surface area contributed by atoms with Crippen molar-refractivity contribution in [2.45, 2.75) is 18.9 Å². The molecule has 1 aliphatic rings. The first-order valence-electron chi connectivity index (χ1n) is 5.47. The molecule has 16 heavy (non-hydrogen) atoms. The van der Waals surface area contributed by atoms with Crippen LogP contribution in [0.2, 0.25) is 0 Å². The fourth-order valence-corrected chi connectivity index (χ4v) is 2.76. The van der Waals surface area contributed by atoms with Crippen molar-refractivity contribution in [3.8, 4) is 0 Å². The van der Waals surface area contributed by atoms with Crippen LogP contribution >= 0.6 is 27.3 Å². The van der Waals surface area contributed by atoms with Gasteiger partial charge in [-0.1, -0.05) is 22.5 Å². The van der Waals surface area contributed by atoms with Gasteiger partial charge in [0.05, 0.1) is 0 Å². The number of rotatable bonds is 4. The molecule has 1 aromatic rings. The Morgan fingerprint density at radius 3 is 2.94 bits per heavy atom. The van der Waals surface area contributed by atoms with Gasteiger partial charge in [0.15, 0.2) is 5.13 Å². The highest BCUT2D eigenvalue weighted by molar-refractivity contribution is 9.11. The van der Waals surface area contributed by atoms with Gasteiger partial charge in [-0.3, -0.25) is 0 Å². The summed E-state index contributed by atoms with van der Waals surface area (Å²) in [6.07, 6.45) is 4.24. The van der Waals surface area contributed by atoms with Gasteiger partial charge >= 0.3 is 0 Å². The van der Waals surface area contributed by atoms with E-state index in [1.54, 1.807) is 11.3 Å².